The number of esters is 1. The summed E-state index contributed by atoms with van der Waals surface area (Å²) >= 11 is 1.07. The van der Waals surface area contributed by atoms with Crippen LogP contribution < -0.4 is 4.90 Å². The van der Waals surface area contributed by atoms with Gasteiger partial charge in [-0.25, -0.2) is 23.6 Å². The monoisotopic (exact) mass is 453 g/mol. The molecule has 2 aromatic carbocycles. The number of rotatable bonds is 4. The average molecular weight is 453 g/mol. The van der Waals surface area contributed by atoms with E-state index in [-0.39, 0.29) is 22.4 Å². The van der Waals surface area contributed by atoms with Gasteiger partial charge in [-0.05, 0) is 55.3 Å². The highest BCUT2D eigenvalue weighted by molar-refractivity contribution is 7.14. The molecule has 0 fully saturated rings. The molecule has 0 atom stereocenters. The zero-order chi connectivity index (χ0) is 23.0. The molecule has 32 heavy (non-hydrogen) atoms. The van der Waals surface area contributed by atoms with E-state index in [9.17, 15) is 18.4 Å². The molecular weight excluding hydrogens is 436 g/mol. The third kappa shape index (κ3) is 4.19. The van der Waals surface area contributed by atoms with Crippen LogP contribution in [0.5, 0.6) is 0 Å². The van der Waals surface area contributed by atoms with Gasteiger partial charge in [-0.3, -0.25) is 9.69 Å². The minimum Gasteiger partial charge on any atom is -0.402 e. The first-order valence-electron chi connectivity index (χ1n) is 9.54. The molecule has 0 spiro atoms. The molecule has 0 bridgehead atoms. The number of aromatic nitrogens is 1. The summed E-state index contributed by atoms with van der Waals surface area (Å²) in [6.07, 6.45) is 1.43. The summed E-state index contributed by atoms with van der Waals surface area (Å²) in [7, 11) is 0. The van der Waals surface area contributed by atoms with Crippen molar-refractivity contribution < 1.29 is 23.1 Å². The Morgan fingerprint density at radius 3 is 2.59 bits per heavy atom. The van der Waals surface area contributed by atoms with E-state index in [2.05, 4.69) is 9.98 Å². The van der Waals surface area contributed by atoms with Crippen LogP contribution in [0.2, 0.25) is 0 Å². The van der Waals surface area contributed by atoms with Crippen LogP contribution in [-0.4, -0.2) is 22.8 Å². The fraction of sp³-hybridized carbons (Fsp3) is 0.130. The van der Waals surface area contributed by atoms with Gasteiger partial charge in [0.1, 0.15) is 11.6 Å². The van der Waals surface area contributed by atoms with E-state index >= 15 is 0 Å². The molecular formula is C23H17F2N3O3S. The van der Waals surface area contributed by atoms with Crippen LogP contribution in [-0.2, 0) is 14.3 Å². The van der Waals surface area contributed by atoms with E-state index in [1.807, 2.05) is 32.0 Å². The highest BCUT2D eigenvalue weighted by atomic mass is 32.1. The van der Waals surface area contributed by atoms with Gasteiger partial charge in [-0.15, -0.1) is 11.3 Å². The molecule has 4 rings (SSSR count). The Hall–Kier alpha value is -3.72. The number of aliphatic imine (C=N–C) groups is 1. The van der Waals surface area contributed by atoms with Crippen molar-refractivity contribution >= 4 is 46.0 Å². The van der Waals surface area contributed by atoms with Gasteiger partial charge in [0.15, 0.2) is 10.8 Å². The Labute approximate surface area is 186 Å². The van der Waals surface area contributed by atoms with Crippen LogP contribution in [0.15, 0.2) is 52.5 Å². The van der Waals surface area contributed by atoms with Gasteiger partial charge < -0.3 is 4.74 Å². The van der Waals surface area contributed by atoms with Crippen molar-refractivity contribution in [1.29, 1.82) is 0 Å². The Kier molecular flexibility index (Phi) is 5.67. The molecule has 162 valence electrons. The molecule has 3 aromatic rings. The number of anilines is 2. The van der Waals surface area contributed by atoms with Crippen LogP contribution in [0.25, 0.3) is 6.08 Å². The Morgan fingerprint density at radius 1 is 1.12 bits per heavy atom. The average Bonchev–Trinajstić information content (AvgIpc) is 3.33. The van der Waals surface area contributed by atoms with Crippen molar-refractivity contribution in [1.82, 2.24) is 4.98 Å². The number of carbonyl (C=O) groups excluding carboxylic acids is 2. The maximum atomic E-state index is 14.2. The highest BCUT2D eigenvalue weighted by Crippen LogP contribution is 2.32. The van der Waals surface area contributed by atoms with E-state index in [0.717, 1.165) is 33.4 Å². The molecule has 0 N–H and O–H groups in total. The molecule has 0 unspecified atom stereocenters. The van der Waals surface area contributed by atoms with Gasteiger partial charge in [-0.2, -0.15) is 0 Å². The zero-order valence-corrected chi connectivity index (χ0v) is 18.2. The van der Waals surface area contributed by atoms with Crippen LogP contribution in [0, 0.1) is 25.5 Å². The zero-order valence-electron chi connectivity index (χ0n) is 17.3. The number of hydrogen-bond acceptors (Lipinski definition) is 6. The first-order valence-corrected chi connectivity index (χ1v) is 10.4. The maximum Gasteiger partial charge on any atom is 0.363 e. The molecule has 0 aliphatic carbocycles. The normalized spacial score (nSPS) is 14.5. The van der Waals surface area contributed by atoms with Crippen molar-refractivity contribution in [3.05, 3.63) is 81.5 Å². The van der Waals surface area contributed by atoms with E-state index in [1.54, 1.807) is 5.38 Å². The second kappa shape index (κ2) is 8.43. The molecule has 1 aliphatic rings. The number of carbonyl (C=O) groups is 2. The summed E-state index contributed by atoms with van der Waals surface area (Å²) in [6, 6.07) is 8.54. The summed E-state index contributed by atoms with van der Waals surface area (Å²) in [5.74, 6) is -2.58. The molecule has 2 heterocycles. The SMILES string of the molecule is CC(=O)N(c1nc(/C=C2/N=C(c3ccc(C)c(C)c3)OC2=O)cs1)c1ccc(F)cc1F. The summed E-state index contributed by atoms with van der Waals surface area (Å²) in [6.45, 7) is 5.18. The second-order valence-electron chi connectivity index (χ2n) is 7.14. The lowest BCUT2D eigenvalue weighted by Crippen LogP contribution is -2.23. The quantitative estimate of drug-likeness (QED) is 0.409. The molecule has 0 saturated carbocycles. The van der Waals surface area contributed by atoms with Crippen molar-refractivity contribution in [2.24, 2.45) is 4.99 Å². The maximum absolute atomic E-state index is 14.2. The van der Waals surface area contributed by atoms with Gasteiger partial charge in [0.25, 0.3) is 0 Å². The Balaban J connectivity index is 1.65. The molecule has 1 aliphatic heterocycles. The third-order valence-corrected chi connectivity index (χ3v) is 5.67. The number of ether oxygens (including phenoxy) is 1. The number of aryl methyl sites for hydroxylation is 2. The van der Waals surface area contributed by atoms with Gasteiger partial charge in [0.2, 0.25) is 11.8 Å². The predicted molar refractivity (Wildman–Crippen MR) is 118 cm³/mol. The Bertz CT molecular complexity index is 1310. The fourth-order valence-electron chi connectivity index (χ4n) is 3.06. The lowest BCUT2D eigenvalue weighted by atomic mass is 10.1. The second-order valence-corrected chi connectivity index (χ2v) is 7.98. The Morgan fingerprint density at radius 2 is 1.91 bits per heavy atom. The number of thiazole rings is 1. The van der Waals surface area contributed by atoms with Crippen molar-refractivity contribution in [2.75, 3.05) is 4.90 Å². The number of halogens is 2. The number of amides is 1. The standard InChI is InChI=1S/C23H17F2N3O3S/c1-12-4-5-15(8-13(12)2)21-27-19(22(30)31-21)10-17-11-32-23(26-17)28(14(3)29)20-7-6-16(24)9-18(20)25/h4-11H,1-3H3/b19-10+. The molecule has 1 amide bonds. The predicted octanol–water partition coefficient (Wildman–Crippen LogP) is 5.07. The lowest BCUT2D eigenvalue weighted by molar-refractivity contribution is -0.130. The fourth-order valence-corrected chi connectivity index (χ4v) is 3.90. The van der Waals surface area contributed by atoms with Crippen molar-refractivity contribution in [2.45, 2.75) is 20.8 Å². The van der Waals surface area contributed by atoms with Crippen molar-refractivity contribution in [3.8, 4) is 0 Å². The first-order chi connectivity index (χ1) is 15.2. The summed E-state index contributed by atoms with van der Waals surface area (Å²) in [4.78, 5) is 34.0. The van der Waals surface area contributed by atoms with Crippen LogP contribution in [0.3, 0.4) is 0 Å². The summed E-state index contributed by atoms with van der Waals surface area (Å²) in [5.41, 5.74) is 3.10. The smallest absolute Gasteiger partial charge is 0.363 e. The van der Waals surface area contributed by atoms with Crippen LogP contribution in [0.4, 0.5) is 19.6 Å². The third-order valence-electron chi connectivity index (χ3n) is 4.83. The van der Waals surface area contributed by atoms with Gasteiger partial charge >= 0.3 is 5.97 Å². The van der Waals surface area contributed by atoms with E-state index in [0.29, 0.717) is 17.3 Å². The minimum absolute atomic E-state index is 0.0532. The molecule has 0 saturated heterocycles. The number of benzene rings is 2. The number of cyclic esters (lactones) is 1. The molecule has 6 nitrogen and oxygen atoms in total. The number of nitrogens with zero attached hydrogens (tertiary/aromatic N) is 3. The number of hydrogen-bond donors (Lipinski definition) is 0. The largest absolute Gasteiger partial charge is 0.402 e. The van der Waals surface area contributed by atoms with Gasteiger partial charge in [0, 0.05) is 23.9 Å². The highest BCUT2D eigenvalue weighted by Gasteiger charge is 2.26. The molecule has 1 aromatic heterocycles. The van der Waals surface area contributed by atoms with Crippen LogP contribution >= 0.6 is 11.3 Å². The van der Waals surface area contributed by atoms with Crippen LogP contribution in [0.1, 0.15) is 29.3 Å². The van der Waals surface area contributed by atoms with E-state index in [4.69, 9.17) is 4.74 Å². The minimum atomic E-state index is -0.891. The van der Waals surface area contributed by atoms with Crippen molar-refractivity contribution in [3.63, 3.8) is 0 Å². The first kappa shape index (κ1) is 21.5. The van der Waals surface area contributed by atoms with Gasteiger partial charge in [0.05, 0.1) is 11.4 Å². The van der Waals surface area contributed by atoms with E-state index < -0.39 is 23.5 Å². The molecule has 0 radical (unpaired) electrons. The van der Waals surface area contributed by atoms with E-state index in [1.165, 1.54) is 19.1 Å². The molecule has 9 heteroatoms. The topological polar surface area (TPSA) is 71.9 Å². The lowest BCUT2D eigenvalue weighted by Gasteiger charge is -2.18. The summed E-state index contributed by atoms with van der Waals surface area (Å²) < 4.78 is 32.8. The van der Waals surface area contributed by atoms with Gasteiger partial charge in [-0.1, -0.05) is 6.07 Å². The summed E-state index contributed by atoms with van der Waals surface area (Å²) in [5, 5.41) is 1.76.